The smallest absolute Gasteiger partial charge is 0.260 e. The number of nitrogens with zero attached hydrogens (tertiary/aromatic N) is 2. The Morgan fingerprint density at radius 3 is 2.55 bits per heavy atom. The molecule has 0 spiro atoms. The Kier molecular flexibility index (Phi) is 7.74. The fourth-order valence-electron chi connectivity index (χ4n) is 4.67. The molecule has 0 aliphatic carbocycles. The van der Waals surface area contributed by atoms with E-state index in [9.17, 15) is 9.59 Å². The molecule has 170 valence electrons. The summed E-state index contributed by atoms with van der Waals surface area (Å²) in [5, 5.41) is 3.26. The van der Waals surface area contributed by atoms with Gasteiger partial charge in [-0.05, 0) is 37.1 Å². The largest absolute Gasteiger partial charge is 0.484 e. The highest BCUT2D eigenvalue weighted by molar-refractivity contribution is 7.99. The van der Waals surface area contributed by atoms with Crippen LogP contribution in [0.4, 0.5) is 0 Å². The van der Waals surface area contributed by atoms with Crippen LogP contribution >= 0.6 is 11.8 Å². The summed E-state index contributed by atoms with van der Waals surface area (Å²) in [6.07, 6.45) is 2.54. The number of rotatable bonds is 7. The molecule has 1 aromatic rings. The minimum absolute atomic E-state index is 0.0167. The molecule has 1 aromatic carbocycles. The van der Waals surface area contributed by atoms with Crippen molar-refractivity contribution in [2.24, 2.45) is 5.92 Å². The van der Waals surface area contributed by atoms with Gasteiger partial charge in [-0.2, -0.15) is 11.8 Å². The lowest BCUT2D eigenvalue weighted by Crippen LogP contribution is -2.59. The number of thioether (sulfide) groups is 1. The summed E-state index contributed by atoms with van der Waals surface area (Å²) >= 11 is 1.98. The van der Waals surface area contributed by atoms with Crippen LogP contribution in [-0.2, 0) is 14.3 Å². The SMILES string of the molecule is O=C(NCC1(N2CCOCC2)CCSC1)C1CCN(C(=O)COc2ccccc2)CC1. The lowest BCUT2D eigenvalue weighted by molar-refractivity contribution is -0.137. The first-order valence-electron chi connectivity index (χ1n) is 11.3. The predicted octanol–water partition coefficient (Wildman–Crippen LogP) is 1.63. The second-order valence-electron chi connectivity index (χ2n) is 8.60. The normalized spacial score (nSPS) is 25.4. The average molecular weight is 448 g/mol. The molecule has 1 atom stereocenters. The van der Waals surface area contributed by atoms with Gasteiger partial charge in [0.1, 0.15) is 5.75 Å². The molecule has 3 heterocycles. The van der Waals surface area contributed by atoms with Gasteiger partial charge in [0.05, 0.1) is 13.2 Å². The fraction of sp³-hybridized carbons (Fsp3) is 0.652. The molecule has 1 N–H and O–H groups in total. The van der Waals surface area contributed by atoms with Crippen LogP contribution in [-0.4, -0.2) is 91.2 Å². The Balaban J connectivity index is 1.21. The number of carbonyl (C=O) groups excluding carboxylic acids is 2. The van der Waals surface area contributed by atoms with E-state index in [0.717, 1.165) is 44.2 Å². The van der Waals surface area contributed by atoms with Crippen LogP contribution in [0.25, 0.3) is 0 Å². The van der Waals surface area contributed by atoms with Gasteiger partial charge in [0.2, 0.25) is 5.91 Å². The Morgan fingerprint density at radius 1 is 1.13 bits per heavy atom. The first kappa shape index (κ1) is 22.4. The Hall–Kier alpha value is -1.77. The number of piperidine rings is 1. The minimum Gasteiger partial charge on any atom is -0.484 e. The van der Waals surface area contributed by atoms with Gasteiger partial charge in [0.15, 0.2) is 6.61 Å². The second-order valence-corrected chi connectivity index (χ2v) is 9.71. The van der Waals surface area contributed by atoms with Gasteiger partial charge in [-0.15, -0.1) is 0 Å². The number of morpholine rings is 1. The van der Waals surface area contributed by atoms with Gasteiger partial charge in [-0.3, -0.25) is 14.5 Å². The van der Waals surface area contributed by atoms with E-state index in [0.29, 0.717) is 38.2 Å². The van der Waals surface area contributed by atoms with E-state index in [1.165, 1.54) is 0 Å². The van der Waals surface area contributed by atoms with E-state index in [4.69, 9.17) is 9.47 Å². The van der Waals surface area contributed by atoms with Crippen molar-refractivity contribution in [2.45, 2.75) is 24.8 Å². The molecule has 3 aliphatic heterocycles. The van der Waals surface area contributed by atoms with Crippen LogP contribution < -0.4 is 10.1 Å². The van der Waals surface area contributed by atoms with Crippen LogP contribution in [0.15, 0.2) is 30.3 Å². The van der Waals surface area contributed by atoms with Crippen LogP contribution in [0.2, 0.25) is 0 Å². The maximum absolute atomic E-state index is 12.9. The zero-order valence-electron chi connectivity index (χ0n) is 18.1. The lowest BCUT2D eigenvalue weighted by atomic mass is 9.93. The third-order valence-corrected chi connectivity index (χ3v) is 7.91. The summed E-state index contributed by atoms with van der Waals surface area (Å²) in [5.74, 6) is 3.02. The Labute approximate surface area is 188 Å². The maximum atomic E-state index is 12.9. The lowest BCUT2D eigenvalue weighted by Gasteiger charge is -2.43. The number of likely N-dealkylation sites (tertiary alicyclic amines) is 1. The summed E-state index contributed by atoms with van der Waals surface area (Å²) in [6, 6.07) is 9.38. The van der Waals surface area contributed by atoms with Gasteiger partial charge < -0.3 is 19.7 Å². The van der Waals surface area contributed by atoms with E-state index in [1.807, 2.05) is 47.0 Å². The number of nitrogens with one attached hydrogen (secondary N) is 1. The van der Waals surface area contributed by atoms with E-state index in [-0.39, 0.29) is 29.9 Å². The quantitative estimate of drug-likeness (QED) is 0.685. The molecule has 0 saturated carbocycles. The van der Waals surface area contributed by atoms with Crippen molar-refractivity contribution in [3.8, 4) is 5.75 Å². The third kappa shape index (κ3) is 5.73. The van der Waals surface area contributed by atoms with Gasteiger partial charge in [-0.25, -0.2) is 0 Å². The van der Waals surface area contributed by atoms with Crippen LogP contribution in [0, 0.1) is 5.92 Å². The Bertz CT molecular complexity index is 728. The number of benzene rings is 1. The van der Waals surface area contributed by atoms with Crippen molar-refractivity contribution >= 4 is 23.6 Å². The summed E-state index contributed by atoms with van der Waals surface area (Å²) < 4.78 is 11.1. The number of carbonyl (C=O) groups is 2. The fourth-order valence-corrected chi connectivity index (χ4v) is 6.15. The zero-order chi connectivity index (χ0) is 21.5. The second kappa shape index (κ2) is 10.7. The molecule has 3 aliphatic rings. The maximum Gasteiger partial charge on any atom is 0.260 e. The zero-order valence-corrected chi connectivity index (χ0v) is 18.9. The first-order chi connectivity index (χ1) is 15.2. The molecule has 31 heavy (non-hydrogen) atoms. The molecule has 3 fully saturated rings. The van der Waals surface area contributed by atoms with Gasteiger partial charge in [-0.1, -0.05) is 18.2 Å². The van der Waals surface area contributed by atoms with Crippen molar-refractivity contribution in [3.63, 3.8) is 0 Å². The van der Waals surface area contributed by atoms with Crippen LogP contribution in [0.3, 0.4) is 0 Å². The number of para-hydroxylation sites is 1. The first-order valence-corrected chi connectivity index (χ1v) is 12.5. The third-order valence-electron chi connectivity index (χ3n) is 6.68. The van der Waals surface area contributed by atoms with E-state index < -0.39 is 0 Å². The summed E-state index contributed by atoms with van der Waals surface area (Å²) in [5.41, 5.74) is 0.0650. The minimum atomic E-state index is -0.0186. The molecule has 4 rings (SSSR count). The van der Waals surface area contributed by atoms with E-state index in [1.54, 1.807) is 0 Å². The van der Waals surface area contributed by atoms with Crippen LogP contribution in [0.1, 0.15) is 19.3 Å². The molecule has 0 radical (unpaired) electrons. The average Bonchev–Trinajstić information content (AvgIpc) is 3.32. The monoisotopic (exact) mass is 447 g/mol. The van der Waals surface area contributed by atoms with E-state index in [2.05, 4.69) is 10.2 Å². The van der Waals surface area contributed by atoms with Crippen LogP contribution in [0.5, 0.6) is 5.75 Å². The highest BCUT2D eigenvalue weighted by Crippen LogP contribution is 2.33. The van der Waals surface area contributed by atoms with Gasteiger partial charge >= 0.3 is 0 Å². The van der Waals surface area contributed by atoms with Gasteiger partial charge in [0, 0.05) is 49.9 Å². The molecule has 8 heteroatoms. The summed E-state index contributed by atoms with van der Waals surface area (Å²) in [6.45, 7) is 5.42. The standard InChI is InChI=1S/C23H33N3O4S/c27-21(16-30-20-4-2-1-3-5-20)25-9-6-19(7-10-25)22(28)24-17-23(8-15-31-18-23)26-11-13-29-14-12-26/h1-5,19H,6-18H2,(H,24,28). The van der Waals surface area contributed by atoms with Gasteiger partial charge in [0.25, 0.3) is 5.91 Å². The summed E-state index contributed by atoms with van der Waals surface area (Å²) in [7, 11) is 0. The molecule has 2 amide bonds. The molecule has 7 nitrogen and oxygen atoms in total. The molecular weight excluding hydrogens is 414 g/mol. The van der Waals surface area contributed by atoms with Crippen molar-refractivity contribution in [2.75, 3.05) is 64.1 Å². The van der Waals surface area contributed by atoms with Crippen molar-refractivity contribution in [1.82, 2.24) is 15.1 Å². The van der Waals surface area contributed by atoms with Crippen molar-refractivity contribution in [3.05, 3.63) is 30.3 Å². The molecular formula is C23H33N3O4S. The number of hydrogen-bond donors (Lipinski definition) is 1. The Morgan fingerprint density at radius 2 is 1.87 bits per heavy atom. The molecule has 1 unspecified atom stereocenters. The molecule has 0 bridgehead atoms. The van der Waals surface area contributed by atoms with Crippen molar-refractivity contribution in [1.29, 1.82) is 0 Å². The molecule has 0 aromatic heterocycles. The molecule has 3 saturated heterocycles. The number of ether oxygens (including phenoxy) is 2. The number of hydrogen-bond acceptors (Lipinski definition) is 6. The highest BCUT2D eigenvalue weighted by atomic mass is 32.2. The predicted molar refractivity (Wildman–Crippen MR) is 121 cm³/mol. The van der Waals surface area contributed by atoms with E-state index >= 15 is 0 Å². The summed E-state index contributed by atoms with van der Waals surface area (Å²) in [4.78, 5) is 29.7. The number of amides is 2. The highest BCUT2D eigenvalue weighted by Gasteiger charge is 2.41. The van der Waals surface area contributed by atoms with Crippen molar-refractivity contribution < 1.29 is 19.1 Å². The topological polar surface area (TPSA) is 71.1 Å².